The third kappa shape index (κ3) is 22.1. The largest absolute Gasteiger partial charge is 0.508 e. The minimum atomic E-state index is -1.02. The monoisotopic (exact) mass is 1590 g/mol. The second-order valence-corrected chi connectivity index (χ2v) is 30.0. The summed E-state index contributed by atoms with van der Waals surface area (Å²) < 4.78 is 109. The maximum atomic E-state index is 14.2. The van der Waals surface area contributed by atoms with Gasteiger partial charge in [-0.15, -0.1) is 0 Å². The fraction of sp³-hybridized carbons (Fsp3) is 0.263. The van der Waals surface area contributed by atoms with Crippen molar-refractivity contribution in [2.45, 2.75) is 126 Å². The number of phenolic OH excluding ortho intramolecular Hbond substituents is 6. The number of ether oxygens (including phenoxy) is 2. The highest BCUT2D eigenvalue weighted by Crippen LogP contribution is 2.42. The Labute approximate surface area is 677 Å². The summed E-state index contributed by atoms with van der Waals surface area (Å²) in [7, 11) is 10.5. The molecular formula is C95H105F7N6O8. The Bertz CT molecular complexity index is 5020. The van der Waals surface area contributed by atoms with Crippen LogP contribution in [0.1, 0.15) is 180 Å². The van der Waals surface area contributed by atoms with E-state index >= 15 is 0 Å². The number of aryl methyl sites for hydroxylation is 1. The van der Waals surface area contributed by atoms with Crippen LogP contribution in [0.5, 0.6) is 46.3 Å². The average molecular weight is 1590 g/mol. The molecule has 0 amide bonds. The van der Waals surface area contributed by atoms with Crippen molar-refractivity contribution in [2.24, 2.45) is 0 Å². The molecule has 0 saturated carbocycles. The molecule has 8 aromatic rings. The lowest BCUT2D eigenvalue weighted by Gasteiger charge is -2.21. The highest BCUT2D eigenvalue weighted by Gasteiger charge is 2.26. The number of pyridine rings is 2. The van der Waals surface area contributed by atoms with Gasteiger partial charge in [0.2, 0.25) is 11.8 Å². The first-order valence-electron chi connectivity index (χ1n) is 37.6. The van der Waals surface area contributed by atoms with Crippen LogP contribution >= 0.6 is 0 Å². The molecule has 2 aromatic heterocycles. The topological polar surface area (TPSA) is 179 Å². The van der Waals surface area contributed by atoms with Crippen molar-refractivity contribution in [3.8, 4) is 68.5 Å². The van der Waals surface area contributed by atoms with Crippen LogP contribution in [0.25, 0.3) is 44.5 Å². The zero-order valence-corrected chi connectivity index (χ0v) is 69.3. The van der Waals surface area contributed by atoms with Crippen molar-refractivity contribution in [2.75, 3.05) is 42.4 Å². The lowest BCUT2D eigenvalue weighted by atomic mass is 9.92. The average Bonchev–Trinajstić information content (AvgIpc) is 0.843. The number of methoxy groups -OCH3 is 2. The number of aromatic nitrogens is 2. The lowest BCUT2D eigenvalue weighted by molar-refractivity contribution is 0.398. The summed E-state index contributed by atoms with van der Waals surface area (Å²) in [5.41, 5.74) is 13.5. The smallest absolute Gasteiger partial charge is 0.213 e. The molecule has 6 N–H and O–H groups in total. The summed E-state index contributed by atoms with van der Waals surface area (Å²) in [6.07, 6.45) is 25.0. The van der Waals surface area contributed by atoms with Crippen molar-refractivity contribution in [3.05, 3.63) is 322 Å². The van der Waals surface area contributed by atoms with Crippen molar-refractivity contribution in [3.63, 3.8) is 0 Å². The van der Waals surface area contributed by atoms with Gasteiger partial charge in [-0.2, -0.15) is 0 Å². The molecule has 0 fully saturated rings. The first kappa shape index (κ1) is 90.8. The number of hydrogen-bond donors (Lipinski definition) is 6. The van der Waals surface area contributed by atoms with E-state index in [0.29, 0.717) is 78.9 Å². The molecule has 14 nitrogen and oxygen atoms in total. The van der Waals surface area contributed by atoms with E-state index in [0.717, 1.165) is 39.4 Å². The fourth-order valence-corrected chi connectivity index (χ4v) is 12.7. The van der Waals surface area contributed by atoms with Crippen molar-refractivity contribution in [1.29, 1.82) is 0 Å². The molecule has 0 atom stereocenters. The van der Waals surface area contributed by atoms with Gasteiger partial charge in [-0.1, -0.05) is 115 Å². The molecule has 0 bridgehead atoms. The number of rotatable bonds is 14. The fourth-order valence-electron chi connectivity index (χ4n) is 12.7. The third-order valence-electron chi connectivity index (χ3n) is 19.5. The van der Waals surface area contributed by atoms with E-state index in [4.69, 9.17) is 9.47 Å². The molecule has 21 heteroatoms. The number of phenols is 6. The zero-order chi connectivity index (χ0) is 86.3. The summed E-state index contributed by atoms with van der Waals surface area (Å²) in [6, 6.07) is 21.6. The maximum Gasteiger partial charge on any atom is 0.213 e. The molecule has 12 rings (SSSR count). The van der Waals surface area contributed by atoms with Crippen LogP contribution in [0.15, 0.2) is 220 Å². The number of halogens is 7. The highest BCUT2D eigenvalue weighted by molar-refractivity contribution is 5.82. The van der Waals surface area contributed by atoms with Crippen LogP contribution in [0, 0.1) is 47.6 Å². The first-order valence-corrected chi connectivity index (χ1v) is 37.6. The van der Waals surface area contributed by atoms with Crippen LogP contribution in [0.4, 0.5) is 30.7 Å². The number of benzene rings is 6. The van der Waals surface area contributed by atoms with E-state index in [1.807, 2.05) is 133 Å². The number of likely N-dealkylation sites (N-methyl/N-ethyl adjacent to an activating group) is 4. The number of allylic oxidation sites excluding steroid dienone is 12. The van der Waals surface area contributed by atoms with Crippen LogP contribution in [0.3, 0.4) is 0 Å². The highest BCUT2D eigenvalue weighted by atomic mass is 19.2. The van der Waals surface area contributed by atoms with Gasteiger partial charge >= 0.3 is 0 Å². The summed E-state index contributed by atoms with van der Waals surface area (Å²) in [5.74, 6) is -4.33. The summed E-state index contributed by atoms with van der Waals surface area (Å²) in [4.78, 5) is 15.3. The van der Waals surface area contributed by atoms with Gasteiger partial charge < -0.3 is 59.7 Å². The molecule has 0 aliphatic carbocycles. The Morgan fingerprint density at radius 2 is 0.638 bits per heavy atom. The van der Waals surface area contributed by atoms with E-state index < -0.39 is 29.1 Å². The number of hydrogen-bond acceptors (Lipinski definition) is 14. The molecule has 6 heterocycles. The third-order valence-corrected chi connectivity index (χ3v) is 19.5. The van der Waals surface area contributed by atoms with Crippen LogP contribution in [0.2, 0.25) is 0 Å². The van der Waals surface area contributed by atoms with Gasteiger partial charge in [-0.25, -0.2) is 40.7 Å². The van der Waals surface area contributed by atoms with Gasteiger partial charge in [0, 0.05) is 139 Å². The lowest BCUT2D eigenvalue weighted by Crippen LogP contribution is -2.11. The van der Waals surface area contributed by atoms with Crippen LogP contribution < -0.4 is 9.47 Å². The van der Waals surface area contributed by atoms with E-state index in [-0.39, 0.29) is 98.1 Å². The SMILES string of the molecule is C=C1C=C(c2cc(O)c(C(C)C)c(F)c2F)C=CN1C.C=C1C=C(c2cc(O)c(C(C)C)cc2C)C=CN1C.C=C1C=C(c2cc(O)c(C(C)C)cc2F)C=CN1C.C=C1C=C(c2cc(O)c(C(C)C)cc2F)C=CN1C.COc1cc(-c2cc(O)c(C(C)C)c(F)c2)ccn1.COc1cc(-c2cc(O)c(C(C)C)c(F)c2F)ccn1. The maximum absolute atomic E-state index is 14.2. The molecular weight excluding hydrogens is 1490 g/mol. The standard InChI is InChI=1S/C17H21NO.C16H17F2NO.2C16H18FNO.C15H15F2NO2.C15H16FNO2/c1-11(2)15-8-12(3)16(10-17(15)19)14-6-7-18(5)13(4)9-14;1-9(2)14-13(20)8-12(15(17)16(14)18)11-5-6-19(4)10(3)7-11;2*1-10(2)13-8-15(17)14(9-16(13)19)12-5-6-18(4)11(3)7-12;1-8(2)13-11(19)7-10(14(16)15(13)17)9-4-5-18-12(6-9)20-3;1-9(2)15-12(16)6-11(7-13(15)18)10-4-5-17-14(8-10)19-3/h6-11,19H,4H2,1-3,5H3;5-9,20H,3H2,1-2,4H3;2*5-10,19H,3H2,1-2,4H3;4-8,19H,1-3H3;4-9,18H,1-3H3. The van der Waals surface area contributed by atoms with Gasteiger partial charge in [0.15, 0.2) is 23.3 Å². The van der Waals surface area contributed by atoms with E-state index in [1.165, 1.54) is 80.6 Å². The minimum Gasteiger partial charge on any atom is -0.508 e. The van der Waals surface area contributed by atoms with Gasteiger partial charge in [0.1, 0.15) is 51.9 Å². The van der Waals surface area contributed by atoms with Crippen molar-refractivity contribution < 1.29 is 70.8 Å². The molecule has 4 aliphatic rings. The van der Waals surface area contributed by atoms with E-state index in [2.05, 4.69) is 63.1 Å². The van der Waals surface area contributed by atoms with Crippen LogP contribution in [-0.4, -0.2) is 103 Å². The molecule has 0 unspecified atom stereocenters. The van der Waals surface area contributed by atoms with Crippen LogP contribution in [-0.2, 0) is 0 Å². The predicted molar refractivity (Wildman–Crippen MR) is 453 cm³/mol. The molecule has 0 spiro atoms. The van der Waals surface area contributed by atoms with Gasteiger partial charge in [-0.05, 0) is 225 Å². The summed E-state index contributed by atoms with van der Waals surface area (Å²) >= 11 is 0. The Kier molecular flexibility index (Phi) is 31.0. The Hall–Kier alpha value is -12.4. The Morgan fingerprint density at radius 3 is 0.991 bits per heavy atom. The molecule has 116 heavy (non-hydrogen) atoms. The molecule has 6 aromatic carbocycles. The Balaban J connectivity index is 0.000000192. The zero-order valence-electron chi connectivity index (χ0n) is 69.3. The van der Waals surface area contributed by atoms with Gasteiger partial charge in [-0.3, -0.25) is 0 Å². The quantitative estimate of drug-likeness (QED) is 0.0567. The molecule has 0 saturated heterocycles. The second kappa shape index (κ2) is 39.6. The molecule has 0 radical (unpaired) electrons. The second-order valence-electron chi connectivity index (χ2n) is 30.0. The molecule has 612 valence electrons. The van der Waals surface area contributed by atoms with Crippen molar-refractivity contribution in [1.82, 2.24) is 29.6 Å². The number of nitrogens with zero attached hydrogens (tertiary/aromatic N) is 6. The number of aromatic hydroxyl groups is 6. The van der Waals surface area contributed by atoms with Gasteiger partial charge in [0.05, 0.1) is 14.2 Å². The van der Waals surface area contributed by atoms with E-state index in [1.54, 1.807) is 87.5 Å². The minimum absolute atomic E-state index is 0.00239. The van der Waals surface area contributed by atoms with E-state index in [9.17, 15) is 61.4 Å². The summed E-state index contributed by atoms with van der Waals surface area (Å²) in [5, 5.41) is 59.9. The first-order chi connectivity index (χ1) is 54.5. The molecule has 4 aliphatic heterocycles. The van der Waals surface area contributed by atoms with Crippen molar-refractivity contribution >= 4 is 22.3 Å². The predicted octanol–water partition coefficient (Wildman–Crippen LogP) is 23.9. The normalized spacial score (nSPS) is 13.7. The summed E-state index contributed by atoms with van der Waals surface area (Å²) in [6.45, 7) is 40.0. The van der Waals surface area contributed by atoms with Gasteiger partial charge in [0.25, 0.3) is 0 Å². The Morgan fingerprint density at radius 1 is 0.328 bits per heavy atom.